The molecule has 1 aliphatic carbocycles. The van der Waals surface area contributed by atoms with Crippen molar-refractivity contribution in [3.63, 3.8) is 0 Å². The summed E-state index contributed by atoms with van der Waals surface area (Å²) in [5.74, 6) is 2.09. The maximum atomic E-state index is 12.7. The van der Waals surface area contributed by atoms with Crippen LogP contribution in [0.4, 0.5) is 0 Å². The molecule has 1 aromatic rings. The Labute approximate surface area is 142 Å². The van der Waals surface area contributed by atoms with Crippen molar-refractivity contribution in [1.82, 2.24) is 9.80 Å². The van der Waals surface area contributed by atoms with Gasteiger partial charge in [-0.2, -0.15) is 0 Å². The third kappa shape index (κ3) is 3.32. The third-order valence-electron chi connectivity index (χ3n) is 4.90. The van der Waals surface area contributed by atoms with Crippen molar-refractivity contribution < 1.29 is 19.1 Å². The molecule has 0 spiro atoms. The van der Waals surface area contributed by atoms with Crippen LogP contribution in [0.5, 0.6) is 11.5 Å². The number of hydrogen-bond acceptors (Lipinski definition) is 4. The fraction of sp³-hybridized carbons (Fsp3) is 0.556. The molecular weight excluding hydrogens is 308 g/mol. The average molecular weight is 332 g/mol. The van der Waals surface area contributed by atoms with Crippen molar-refractivity contribution in [2.45, 2.75) is 13.3 Å². The van der Waals surface area contributed by atoms with Crippen LogP contribution in [0.3, 0.4) is 0 Å². The predicted molar refractivity (Wildman–Crippen MR) is 89.3 cm³/mol. The Balaban J connectivity index is 1.64. The van der Waals surface area contributed by atoms with Crippen molar-refractivity contribution in [1.29, 1.82) is 0 Å². The number of methoxy groups -OCH3 is 2. The number of hydrogen-bond donors (Lipinski definition) is 0. The molecule has 0 N–H and O–H groups in total. The van der Waals surface area contributed by atoms with Gasteiger partial charge < -0.3 is 19.3 Å². The summed E-state index contributed by atoms with van der Waals surface area (Å²) in [6.45, 7) is 4.44. The molecule has 0 bridgehead atoms. The zero-order valence-electron chi connectivity index (χ0n) is 14.4. The van der Waals surface area contributed by atoms with E-state index in [1.165, 1.54) is 0 Å². The molecule has 2 atom stereocenters. The van der Waals surface area contributed by atoms with Gasteiger partial charge in [0.05, 0.1) is 14.2 Å². The monoisotopic (exact) mass is 332 g/mol. The van der Waals surface area contributed by atoms with E-state index in [1.807, 2.05) is 4.90 Å². The van der Waals surface area contributed by atoms with Crippen LogP contribution < -0.4 is 9.47 Å². The summed E-state index contributed by atoms with van der Waals surface area (Å²) in [4.78, 5) is 28.7. The van der Waals surface area contributed by atoms with E-state index in [1.54, 1.807) is 37.3 Å². The first-order chi connectivity index (χ1) is 11.5. The van der Waals surface area contributed by atoms with Gasteiger partial charge in [0.25, 0.3) is 5.91 Å². The second-order valence-corrected chi connectivity index (χ2v) is 6.54. The number of carbonyl (C=O) groups excluding carboxylic acids is 2. The zero-order valence-corrected chi connectivity index (χ0v) is 14.4. The fourth-order valence-corrected chi connectivity index (χ4v) is 3.14. The van der Waals surface area contributed by atoms with Crippen LogP contribution in [0, 0.1) is 11.8 Å². The minimum Gasteiger partial charge on any atom is -0.497 e. The molecule has 130 valence electrons. The molecule has 2 unspecified atom stereocenters. The van der Waals surface area contributed by atoms with E-state index in [-0.39, 0.29) is 17.7 Å². The van der Waals surface area contributed by atoms with Gasteiger partial charge in [-0.3, -0.25) is 9.59 Å². The van der Waals surface area contributed by atoms with Crippen LogP contribution >= 0.6 is 0 Å². The third-order valence-corrected chi connectivity index (χ3v) is 4.90. The molecule has 3 rings (SSSR count). The van der Waals surface area contributed by atoms with E-state index in [0.717, 1.165) is 6.42 Å². The van der Waals surface area contributed by atoms with E-state index in [0.29, 0.717) is 49.2 Å². The lowest BCUT2D eigenvalue weighted by Gasteiger charge is -2.35. The normalized spacial score (nSPS) is 23.0. The highest BCUT2D eigenvalue weighted by atomic mass is 16.5. The Bertz CT molecular complexity index is 616. The number of piperazine rings is 1. The van der Waals surface area contributed by atoms with Crippen molar-refractivity contribution in [2.24, 2.45) is 11.8 Å². The average Bonchev–Trinajstić information content (AvgIpc) is 3.36. The molecule has 2 fully saturated rings. The summed E-state index contributed by atoms with van der Waals surface area (Å²) in [7, 11) is 3.12. The molecule has 6 nitrogen and oxygen atoms in total. The molecular formula is C18H24N2O4. The van der Waals surface area contributed by atoms with Gasteiger partial charge in [0, 0.05) is 43.7 Å². The van der Waals surface area contributed by atoms with Crippen molar-refractivity contribution in [2.75, 3.05) is 40.4 Å². The van der Waals surface area contributed by atoms with E-state index in [9.17, 15) is 9.59 Å². The molecule has 6 heteroatoms. The van der Waals surface area contributed by atoms with Crippen LogP contribution in [-0.4, -0.2) is 62.0 Å². The summed E-state index contributed by atoms with van der Waals surface area (Å²) in [6.07, 6.45) is 1.00. The Morgan fingerprint density at radius 2 is 1.46 bits per heavy atom. The lowest BCUT2D eigenvalue weighted by atomic mass is 10.1. The SMILES string of the molecule is COc1cc(OC)cc(C(=O)N2CCN(C(=O)C3CC3C)CC2)c1. The van der Waals surface area contributed by atoms with E-state index in [2.05, 4.69) is 6.92 Å². The van der Waals surface area contributed by atoms with Crippen LogP contribution in [0.15, 0.2) is 18.2 Å². The van der Waals surface area contributed by atoms with Crippen molar-refractivity contribution in [3.05, 3.63) is 23.8 Å². The molecule has 0 radical (unpaired) electrons. The lowest BCUT2D eigenvalue weighted by Crippen LogP contribution is -2.51. The second-order valence-electron chi connectivity index (χ2n) is 6.54. The lowest BCUT2D eigenvalue weighted by molar-refractivity contribution is -0.134. The van der Waals surface area contributed by atoms with E-state index >= 15 is 0 Å². The zero-order chi connectivity index (χ0) is 17.3. The molecule has 1 aliphatic heterocycles. The highest BCUT2D eigenvalue weighted by molar-refractivity contribution is 5.95. The van der Waals surface area contributed by atoms with Crippen LogP contribution in [0.1, 0.15) is 23.7 Å². The highest BCUT2D eigenvalue weighted by Gasteiger charge is 2.42. The summed E-state index contributed by atoms with van der Waals surface area (Å²) < 4.78 is 10.4. The maximum Gasteiger partial charge on any atom is 0.254 e. The molecule has 1 heterocycles. The minimum atomic E-state index is -0.0564. The van der Waals surface area contributed by atoms with Gasteiger partial charge in [0.15, 0.2) is 0 Å². The number of carbonyl (C=O) groups is 2. The number of benzene rings is 1. The minimum absolute atomic E-state index is 0.0564. The number of rotatable bonds is 4. The van der Waals surface area contributed by atoms with Gasteiger partial charge in [-0.15, -0.1) is 0 Å². The maximum absolute atomic E-state index is 12.7. The van der Waals surface area contributed by atoms with Gasteiger partial charge in [-0.05, 0) is 24.5 Å². The number of amides is 2. The molecule has 0 aromatic heterocycles. The van der Waals surface area contributed by atoms with Gasteiger partial charge in [-0.1, -0.05) is 6.92 Å². The second kappa shape index (κ2) is 6.71. The first kappa shape index (κ1) is 16.6. The predicted octanol–water partition coefficient (Wildman–Crippen LogP) is 1.64. The molecule has 24 heavy (non-hydrogen) atoms. The topological polar surface area (TPSA) is 59.1 Å². The Morgan fingerprint density at radius 3 is 1.92 bits per heavy atom. The van der Waals surface area contributed by atoms with Crippen LogP contribution in [0.25, 0.3) is 0 Å². The first-order valence-corrected chi connectivity index (χ1v) is 8.34. The highest BCUT2D eigenvalue weighted by Crippen LogP contribution is 2.39. The van der Waals surface area contributed by atoms with Crippen LogP contribution in [-0.2, 0) is 4.79 Å². The van der Waals surface area contributed by atoms with Gasteiger partial charge in [0.2, 0.25) is 5.91 Å². The van der Waals surface area contributed by atoms with Crippen LogP contribution in [0.2, 0.25) is 0 Å². The summed E-state index contributed by atoms with van der Waals surface area (Å²) in [5, 5.41) is 0. The molecule has 2 amide bonds. The summed E-state index contributed by atoms with van der Waals surface area (Å²) in [5.41, 5.74) is 0.543. The fourth-order valence-electron chi connectivity index (χ4n) is 3.14. The standard InChI is InChI=1S/C18H24N2O4/c1-12-8-16(12)18(22)20-6-4-19(5-7-20)17(21)13-9-14(23-2)11-15(10-13)24-3/h9-12,16H,4-8H2,1-3H3. The molecule has 2 aliphatic rings. The van der Waals surface area contributed by atoms with Crippen molar-refractivity contribution in [3.8, 4) is 11.5 Å². The van der Waals surface area contributed by atoms with E-state index < -0.39 is 0 Å². The molecule has 1 saturated heterocycles. The largest absolute Gasteiger partial charge is 0.497 e. The van der Waals surface area contributed by atoms with Gasteiger partial charge in [-0.25, -0.2) is 0 Å². The van der Waals surface area contributed by atoms with Gasteiger partial charge in [0.1, 0.15) is 11.5 Å². The number of nitrogens with zero attached hydrogens (tertiary/aromatic N) is 2. The summed E-state index contributed by atoms with van der Waals surface area (Å²) in [6, 6.07) is 5.17. The molecule has 1 saturated carbocycles. The Kier molecular flexibility index (Phi) is 4.64. The van der Waals surface area contributed by atoms with E-state index in [4.69, 9.17) is 9.47 Å². The quantitative estimate of drug-likeness (QED) is 0.841. The van der Waals surface area contributed by atoms with Gasteiger partial charge >= 0.3 is 0 Å². The molecule has 1 aromatic carbocycles. The summed E-state index contributed by atoms with van der Waals surface area (Å²) >= 11 is 0. The Hall–Kier alpha value is -2.24. The smallest absolute Gasteiger partial charge is 0.254 e. The Morgan fingerprint density at radius 1 is 0.958 bits per heavy atom. The number of ether oxygens (including phenoxy) is 2. The van der Waals surface area contributed by atoms with Crippen molar-refractivity contribution >= 4 is 11.8 Å². The first-order valence-electron chi connectivity index (χ1n) is 8.34.